The molecule has 0 fully saturated rings. The van der Waals surface area contributed by atoms with Crippen LogP contribution in [0.1, 0.15) is 13.8 Å². The summed E-state index contributed by atoms with van der Waals surface area (Å²) in [5.74, 6) is 0.108. The SMILES string of the molecule is C=C(C)/C=C\C(=C/C)Nc1nc(Cl)ccc1[N+](=O)[O-]. The third-order valence-electron chi connectivity index (χ3n) is 2.16. The number of hydrogen-bond donors (Lipinski definition) is 1. The molecule has 1 heterocycles. The number of halogens is 1. The smallest absolute Gasteiger partial charge is 0.311 e. The lowest BCUT2D eigenvalue weighted by molar-refractivity contribution is -0.384. The van der Waals surface area contributed by atoms with Gasteiger partial charge in [0.05, 0.1) is 4.92 Å². The van der Waals surface area contributed by atoms with Gasteiger partial charge in [0.15, 0.2) is 0 Å². The highest BCUT2D eigenvalue weighted by Gasteiger charge is 2.15. The molecule has 0 atom stereocenters. The standard InChI is InChI=1S/C13H14ClN3O2/c1-4-10(6-5-9(2)3)15-13-11(17(18)19)7-8-12(14)16-13/h4-8H,2H2,1,3H3,(H,15,16)/b6-5-,10-4+. The van der Waals surface area contributed by atoms with Crippen LogP contribution in [-0.4, -0.2) is 9.91 Å². The van der Waals surface area contributed by atoms with Gasteiger partial charge in [-0.05, 0) is 26.0 Å². The Bertz CT molecular complexity index is 565. The molecule has 1 rings (SSSR count). The maximum Gasteiger partial charge on any atom is 0.311 e. The van der Waals surface area contributed by atoms with Crippen molar-refractivity contribution in [2.24, 2.45) is 0 Å². The van der Waals surface area contributed by atoms with Crippen LogP contribution in [0.15, 0.2) is 48.2 Å². The molecule has 0 aliphatic carbocycles. The maximum atomic E-state index is 10.9. The van der Waals surface area contributed by atoms with E-state index in [9.17, 15) is 10.1 Å². The van der Waals surface area contributed by atoms with Gasteiger partial charge in [-0.1, -0.05) is 35.9 Å². The van der Waals surface area contributed by atoms with E-state index >= 15 is 0 Å². The van der Waals surface area contributed by atoms with Crippen molar-refractivity contribution in [2.45, 2.75) is 13.8 Å². The lowest BCUT2D eigenvalue weighted by atomic mass is 10.2. The van der Waals surface area contributed by atoms with Crippen molar-refractivity contribution in [3.63, 3.8) is 0 Å². The number of rotatable bonds is 5. The number of nitrogens with one attached hydrogen (secondary N) is 1. The van der Waals surface area contributed by atoms with Gasteiger partial charge in [0.25, 0.3) is 0 Å². The molecule has 0 saturated heterocycles. The van der Waals surface area contributed by atoms with Gasteiger partial charge in [0.2, 0.25) is 5.82 Å². The highest BCUT2D eigenvalue weighted by molar-refractivity contribution is 6.29. The summed E-state index contributed by atoms with van der Waals surface area (Å²) < 4.78 is 0. The number of hydrogen-bond acceptors (Lipinski definition) is 4. The van der Waals surface area contributed by atoms with Crippen molar-refractivity contribution in [3.05, 3.63) is 63.5 Å². The minimum absolute atomic E-state index is 0.108. The largest absolute Gasteiger partial charge is 0.335 e. The third kappa shape index (κ3) is 4.56. The number of aromatic nitrogens is 1. The number of allylic oxidation sites excluding steroid dienone is 4. The Labute approximate surface area is 116 Å². The highest BCUT2D eigenvalue weighted by Crippen LogP contribution is 2.25. The van der Waals surface area contributed by atoms with E-state index in [-0.39, 0.29) is 16.7 Å². The molecule has 0 bridgehead atoms. The van der Waals surface area contributed by atoms with Crippen molar-refractivity contribution < 1.29 is 4.92 Å². The van der Waals surface area contributed by atoms with Crippen LogP contribution in [0.2, 0.25) is 5.15 Å². The second kappa shape index (κ2) is 6.70. The Morgan fingerprint density at radius 1 is 1.53 bits per heavy atom. The van der Waals surface area contributed by atoms with Crippen LogP contribution >= 0.6 is 11.6 Å². The summed E-state index contributed by atoms with van der Waals surface area (Å²) in [6.07, 6.45) is 5.32. The summed E-state index contributed by atoms with van der Waals surface area (Å²) in [7, 11) is 0. The van der Waals surface area contributed by atoms with Crippen LogP contribution in [0.4, 0.5) is 11.5 Å². The normalized spacial score (nSPS) is 11.6. The lowest BCUT2D eigenvalue weighted by Crippen LogP contribution is -2.03. The second-order valence-electron chi connectivity index (χ2n) is 3.81. The van der Waals surface area contributed by atoms with E-state index in [2.05, 4.69) is 16.9 Å². The average Bonchev–Trinajstić information content (AvgIpc) is 2.33. The minimum Gasteiger partial charge on any atom is -0.335 e. The Kier molecular flexibility index (Phi) is 5.26. The van der Waals surface area contributed by atoms with Crippen LogP contribution in [0.5, 0.6) is 0 Å². The van der Waals surface area contributed by atoms with E-state index in [4.69, 9.17) is 11.6 Å². The Balaban J connectivity index is 3.06. The molecule has 5 nitrogen and oxygen atoms in total. The summed E-state index contributed by atoms with van der Waals surface area (Å²) in [4.78, 5) is 14.3. The first-order chi connectivity index (χ1) is 8.93. The molecule has 0 unspecified atom stereocenters. The predicted octanol–water partition coefficient (Wildman–Crippen LogP) is 4.09. The first kappa shape index (κ1) is 14.9. The molecule has 1 N–H and O–H groups in total. The van der Waals surface area contributed by atoms with Gasteiger partial charge >= 0.3 is 5.69 Å². The van der Waals surface area contributed by atoms with Gasteiger partial charge in [-0.15, -0.1) is 0 Å². The summed E-state index contributed by atoms with van der Waals surface area (Å²) in [6, 6.07) is 2.69. The molecule has 1 aromatic heterocycles. The van der Waals surface area contributed by atoms with Crippen molar-refractivity contribution in [1.29, 1.82) is 0 Å². The zero-order valence-electron chi connectivity index (χ0n) is 10.7. The molecule has 0 spiro atoms. The van der Waals surface area contributed by atoms with Crippen molar-refractivity contribution >= 4 is 23.1 Å². The quantitative estimate of drug-likeness (QED) is 0.381. The summed E-state index contributed by atoms with van der Waals surface area (Å²) in [5.41, 5.74) is 1.41. The van der Waals surface area contributed by atoms with E-state index < -0.39 is 4.92 Å². The Morgan fingerprint density at radius 2 is 2.21 bits per heavy atom. The van der Waals surface area contributed by atoms with Crippen molar-refractivity contribution in [2.75, 3.05) is 5.32 Å². The second-order valence-corrected chi connectivity index (χ2v) is 4.19. The van der Waals surface area contributed by atoms with Gasteiger partial charge in [0, 0.05) is 11.8 Å². The fourth-order valence-corrected chi connectivity index (χ4v) is 1.39. The van der Waals surface area contributed by atoms with E-state index in [1.165, 1.54) is 12.1 Å². The van der Waals surface area contributed by atoms with Crippen LogP contribution in [0, 0.1) is 10.1 Å². The van der Waals surface area contributed by atoms with Crippen molar-refractivity contribution in [3.8, 4) is 0 Å². The topological polar surface area (TPSA) is 68.1 Å². The fourth-order valence-electron chi connectivity index (χ4n) is 1.25. The van der Waals surface area contributed by atoms with E-state index in [0.717, 1.165) is 5.57 Å². The van der Waals surface area contributed by atoms with Crippen molar-refractivity contribution in [1.82, 2.24) is 4.98 Å². The molecule has 0 aliphatic rings. The first-order valence-electron chi connectivity index (χ1n) is 5.52. The predicted molar refractivity (Wildman–Crippen MR) is 77.2 cm³/mol. The molecule has 0 saturated carbocycles. The molecule has 0 radical (unpaired) electrons. The maximum absolute atomic E-state index is 10.9. The lowest BCUT2D eigenvalue weighted by Gasteiger charge is -2.07. The van der Waals surface area contributed by atoms with Gasteiger partial charge in [-0.3, -0.25) is 10.1 Å². The molecule has 1 aromatic rings. The van der Waals surface area contributed by atoms with Gasteiger partial charge in [0.1, 0.15) is 5.15 Å². The number of nitrogens with zero attached hydrogens (tertiary/aromatic N) is 2. The number of anilines is 1. The van der Waals surface area contributed by atoms with E-state index in [0.29, 0.717) is 5.70 Å². The van der Waals surface area contributed by atoms with Crippen LogP contribution in [0.3, 0.4) is 0 Å². The highest BCUT2D eigenvalue weighted by atomic mass is 35.5. The summed E-state index contributed by atoms with van der Waals surface area (Å²) in [6.45, 7) is 7.40. The van der Waals surface area contributed by atoms with Gasteiger partial charge in [-0.25, -0.2) is 4.98 Å². The summed E-state index contributed by atoms with van der Waals surface area (Å²) >= 11 is 5.75. The van der Waals surface area contributed by atoms with Crippen LogP contribution < -0.4 is 5.32 Å². The Hall–Kier alpha value is -2.14. The number of pyridine rings is 1. The molecule has 19 heavy (non-hydrogen) atoms. The molecular formula is C13H14ClN3O2. The van der Waals surface area contributed by atoms with Crippen LogP contribution in [-0.2, 0) is 0 Å². The van der Waals surface area contributed by atoms with E-state index in [1.54, 1.807) is 18.2 Å². The molecular weight excluding hydrogens is 266 g/mol. The zero-order valence-corrected chi connectivity index (χ0v) is 11.4. The van der Waals surface area contributed by atoms with Gasteiger partial charge in [-0.2, -0.15) is 0 Å². The molecule has 0 aliphatic heterocycles. The molecule has 6 heteroatoms. The third-order valence-corrected chi connectivity index (χ3v) is 2.37. The van der Waals surface area contributed by atoms with E-state index in [1.807, 2.05) is 13.8 Å². The van der Waals surface area contributed by atoms with Crippen LogP contribution in [0.25, 0.3) is 0 Å². The zero-order chi connectivity index (χ0) is 14.4. The minimum atomic E-state index is -0.512. The summed E-state index contributed by atoms with van der Waals surface area (Å²) in [5, 5.41) is 14.0. The first-order valence-corrected chi connectivity index (χ1v) is 5.89. The number of nitro groups is 1. The van der Waals surface area contributed by atoms with Gasteiger partial charge < -0.3 is 5.32 Å². The molecule has 0 amide bonds. The molecule has 100 valence electrons. The average molecular weight is 280 g/mol. The monoisotopic (exact) mass is 279 g/mol. The molecule has 0 aromatic carbocycles. The fraction of sp³-hybridized carbons (Fsp3) is 0.154. The Morgan fingerprint density at radius 3 is 2.74 bits per heavy atom.